The Morgan fingerprint density at radius 3 is 2.96 bits per heavy atom. The maximum atomic E-state index is 12.8. The van der Waals surface area contributed by atoms with E-state index >= 15 is 0 Å². The van der Waals surface area contributed by atoms with E-state index in [0.717, 1.165) is 6.42 Å². The lowest BCUT2D eigenvalue weighted by atomic mass is 9.99. The molecule has 2 fully saturated rings. The monoisotopic (exact) mass is 424 g/mol. The number of carbonyl (C=O) groups excluding carboxylic acids is 1. The van der Waals surface area contributed by atoms with Crippen molar-refractivity contribution in [2.75, 3.05) is 18.5 Å². The molecule has 26 heavy (non-hydrogen) atoms. The lowest BCUT2D eigenvalue weighted by Gasteiger charge is -2.24. The number of nitrogens with zero attached hydrogens (tertiary/aromatic N) is 2. The SMILES string of the molecule is C=CCOCc1ccc(Br)nc1NC(=O)[C@@H]1C[C@@]2(CN)C[C@H]2N1C(=O)O. The fourth-order valence-electron chi connectivity index (χ4n) is 3.57. The molecule has 0 radical (unpaired) electrons. The zero-order valence-electron chi connectivity index (χ0n) is 14.2. The molecule has 2 heterocycles. The fraction of sp³-hybridized carbons (Fsp3) is 0.471. The smallest absolute Gasteiger partial charge is 0.408 e. The number of halogens is 1. The molecule has 0 spiro atoms. The molecule has 1 aliphatic heterocycles. The molecule has 1 aliphatic carbocycles. The Hall–Kier alpha value is -1.97. The van der Waals surface area contributed by atoms with E-state index < -0.39 is 18.0 Å². The number of piperidine rings is 1. The molecule has 1 aromatic rings. The van der Waals surface area contributed by atoms with Crippen molar-refractivity contribution in [3.63, 3.8) is 0 Å². The maximum Gasteiger partial charge on any atom is 0.408 e. The molecule has 0 bridgehead atoms. The molecule has 3 atom stereocenters. The van der Waals surface area contributed by atoms with Gasteiger partial charge in [-0.1, -0.05) is 12.1 Å². The molecule has 9 heteroatoms. The number of ether oxygens (including phenoxy) is 1. The van der Waals surface area contributed by atoms with Gasteiger partial charge >= 0.3 is 6.09 Å². The van der Waals surface area contributed by atoms with Gasteiger partial charge in [-0.05, 0) is 34.8 Å². The summed E-state index contributed by atoms with van der Waals surface area (Å²) in [7, 11) is 0. The Labute approximate surface area is 159 Å². The summed E-state index contributed by atoms with van der Waals surface area (Å²) in [4.78, 5) is 29.9. The number of hydrogen-bond acceptors (Lipinski definition) is 5. The van der Waals surface area contributed by atoms with E-state index in [-0.39, 0.29) is 18.1 Å². The average molecular weight is 425 g/mol. The second-order valence-corrected chi connectivity index (χ2v) is 7.44. The third kappa shape index (κ3) is 3.46. The van der Waals surface area contributed by atoms with Crippen LogP contribution >= 0.6 is 15.9 Å². The van der Waals surface area contributed by atoms with E-state index in [4.69, 9.17) is 10.5 Å². The third-order valence-electron chi connectivity index (χ3n) is 5.03. The Bertz CT molecular complexity index is 743. The zero-order valence-corrected chi connectivity index (χ0v) is 15.7. The van der Waals surface area contributed by atoms with Gasteiger partial charge in [0.25, 0.3) is 0 Å². The number of carbonyl (C=O) groups is 2. The van der Waals surface area contributed by atoms with Gasteiger partial charge in [-0.15, -0.1) is 6.58 Å². The van der Waals surface area contributed by atoms with Gasteiger partial charge in [0.15, 0.2) is 0 Å². The van der Waals surface area contributed by atoms with Crippen LogP contribution in [0.5, 0.6) is 0 Å². The summed E-state index contributed by atoms with van der Waals surface area (Å²) in [5, 5.41) is 12.3. The minimum atomic E-state index is -1.10. The first kappa shape index (κ1) is 18.8. The predicted molar refractivity (Wildman–Crippen MR) is 98.6 cm³/mol. The third-order valence-corrected chi connectivity index (χ3v) is 5.47. The summed E-state index contributed by atoms with van der Waals surface area (Å²) in [6.07, 6.45) is 1.68. The van der Waals surface area contributed by atoms with Crippen LogP contribution < -0.4 is 11.1 Å². The number of hydrogen-bond donors (Lipinski definition) is 3. The molecule has 1 saturated carbocycles. The second-order valence-electron chi connectivity index (χ2n) is 6.63. The number of fused-ring (bicyclic) bond motifs is 1. The van der Waals surface area contributed by atoms with E-state index in [1.807, 2.05) is 0 Å². The van der Waals surface area contributed by atoms with Crippen LogP contribution in [0.25, 0.3) is 0 Å². The highest BCUT2D eigenvalue weighted by molar-refractivity contribution is 9.10. The number of anilines is 1. The Morgan fingerprint density at radius 2 is 2.31 bits per heavy atom. The van der Waals surface area contributed by atoms with E-state index in [9.17, 15) is 14.7 Å². The molecular formula is C17H21BrN4O4. The van der Waals surface area contributed by atoms with Gasteiger partial charge in [-0.2, -0.15) is 0 Å². The number of nitrogens with two attached hydrogens (primary N) is 1. The quantitative estimate of drug-likeness (QED) is 0.349. The molecular weight excluding hydrogens is 404 g/mol. The number of amides is 2. The highest BCUT2D eigenvalue weighted by Crippen LogP contribution is 2.58. The average Bonchev–Trinajstić information content (AvgIpc) is 3.21. The standard InChI is InChI=1S/C17H21BrN4O4/c1-2-5-26-8-10-3-4-13(18)20-14(10)21-15(23)11-6-17(9-19)7-12(17)22(11)16(24)25/h2-4,11-12H,1,5-9,19H2,(H,24,25)(H,20,21,23)/t11-,12+,17-/m0/s1. The first-order chi connectivity index (χ1) is 12.4. The number of rotatable bonds is 7. The molecule has 8 nitrogen and oxygen atoms in total. The van der Waals surface area contributed by atoms with E-state index in [0.29, 0.717) is 35.6 Å². The molecule has 2 amide bonds. The first-order valence-electron chi connectivity index (χ1n) is 8.28. The molecule has 0 aromatic carbocycles. The minimum absolute atomic E-state index is 0.174. The van der Waals surface area contributed by atoms with E-state index in [2.05, 4.69) is 32.8 Å². The second kappa shape index (κ2) is 7.34. The van der Waals surface area contributed by atoms with Crippen LogP contribution in [0.4, 0.5) is 10.6 Å². The minimum Gasteiger partial charge on any atom is -0.465 e. The molecule has 1 aromatic heterocycles. The van der Waals surface area contributed by atoms with E-state index in [1.165, 1.54) is 4.90 Å². The van der Waals surface area contributed by atoms with Crippen molar-refractivity contribution in [2.24, 2.45) is 11.1 Å². The Morgan fingerprint density at radius 1 is 1.54 bits per heavy atom. The maximum absolute atomic E-state index is 12.8. The van der Waals surface area contributed by atoms with Gasteiger partial charge in [0, 0.05) is 23.6 Å². The highest BCUT2D eigenvalue weighted by Gasteiger charge is 2.66. The molecule has 1 saturated heterocycles. The largest absolute Gasteiger partial charge is 0.465 e. The van der Waals surface area contributed by atoms with Crippen LogP contribution in [-0.2, 0) is 16.1 Å². The van der Waals surface area contributed by atoms with Crippen molar-refractivity contribution >= 4 is 33.7 Å². The molecule has 140 valence electrons. The van der Waals surface area contributed by atoms with Gasteiger partial charge < -0.3 is 20.9 Å². The molecule has 3 rings (SSSR count). The molecule has 0 unspecified atom stereocenters. The van der Waals surface area contributed by atoms with Crippen LogP contribution in [0.2, 0.25) is 0 Å². The summed E-state index contributed by atoms with van der Waals surface area (Å²) >= 11 is 3.28. The van der Waals surface area contributed by atoms with Crippen molar-refractivity contribution in [2.45, 2.75) is 31.5 Å². The van der Waals surface area contributed by atoms with E-state index in [1.54, 1.807) is 18.2 Å². The van der Waals surface area contributed by atoms with Crippen molar-refractivity contribution in [3.05, 3.63) is 35.0 Å². The van der Waals surface area contributed by atoms with Crippen LogP contribution in [-0.4, -0.2) is 52.2 Å². The van der Waals surface area contributed by atoms with Gasteiger partial charge in [0.1, 0.15) is 16.5 Å². The predicted octanol–water partition coefficient (Wildman–Crippen LogP) is 1.95. The van der Waals surface area contributed by atoms with Crippen molar-refractivity contribution in [3.8, 4) is 0 Å². The zero-order chi connectivity index (χ0) is 18.9. The van der Waals surface area contributed by atoms with Crippen molar-refractivity contribution in [1.82, 2.24) is 9.88 Å². The lowest BCUT2D eigenvalue weighted by Crippen LogP contribution is -2.45. The van der Waals surface area contributed by atoms with Crippen molar-refractivity contribution < 1.29 is 19.4 Å². The Balaban J connectivity index is 1.76. The van der Waals surface area contributed by atoms with Crippen LogP contribution in [0, 0.1) is 5.41 Å². The van der Waals surface area contributed by atoms with Crippen LogP contribution in [0.1, 0.15) is 18.4 Å². The highest BCUT2D eigenvalue weighted by atomic mass is 79.9. The number of aromatic nitrogens is 1. The number of pyridine rings is 1. The topological polar surface area (TPSA) is 118 Å². The molecule has 4 N–H and O–H groups in total. The summed E-state index contributed by atoms with van der Waals surface area (Å²) < 4.78 is 5.99. The van der Waals surface area contributed by atoms with Gasteiger partial charge in [0.05, 0.1) is 13.2 Å². The van der Waals surface area contributed by atoms with Gasteiger partial charge in [-0.3, -0.25) is 9.69 Å². The number of carboxylic acid groups (broad SMARTS) is 1. The van der Waals surface area contributed by atoms with Crippen LogP contribution in [0.3, 0.4) is 0 Å². The summed E-state index contributed by atoms with van der Waals surface area (Å²) in [5.74, 6) is -0.0517. The summed E-state index contributed by atoms with van der Waals surface area (Å²) in [5.41, 5.74) is 6.24. The first-order valence-corrected chi connectivity index (χ1v) is 9.07. The van der Waals surface area contributed by atoms with Crippen molar-refractivity contribution in [1.29, 1.82) is 0 Å². The van der Waals surface area contributed by atoms with Gasteiger partial charge in [0.2, 0.25) is 5.91 Å². The summed E-state index contributed by atoms with van der Waals surface area (Å²) in [6, 6.07) is 2.60. The number of nitrogens with one attached hydrogen (secondary N) is 1. The normalized spacial score (nSPS) is 26.3. The van der Waals surface area contributed by atoms with Crippen LogP contribution in [0.15, 0.2) is 29.4 Å². The number of likely N-dealkylation sites (tertiary alicyclic amines) is 1. The Kier molecular flexibility index (Phi) is 5.31. The molecule has 2 aliphatic rings. The van der Waals surface area contributed by atoms with Gasteiger partial charge in [-0.25, -0.2) is 9.78 Å². The summed E-state index contributed by atoms with van der Waals surface area (Å²) in [6.45, 7) is 4.60. The lowest BCUT2D eigenvalue weighted by molar-refractivity contribution is -0.120. The fourth-order valence-corrected chi connectivity index (χ4v) is 3.88.